The Hall–Kier alpha value is -1.60. The highest BCUT2D eigenvalue weighted by Crippen LogP contribution is 2.28. The van der Waals surface area contributed by atoms with Crippen molar-refractivity contribution in [3.05, 3.63) is 70.8 Å². The van der Waals surface area contributed by atoms with Crippen molar-refractivity contribution in [1.29, 1.82) is 0 Å². The molecule has 1 heteroatoms. The molecule has 0 aliphatic heterocycles. The van der Waals surface area contributed by atoms with Crippen molar-refractivity contribution >= 4 is 0 Å². The Balaban J connectivity index is 2.32. The maximum absolute atomic E-state index is 9.86. The lowest BCUT2D eigenvalue weighted by atomic mass is 9.77. The molecule has 0 fully saturated rings. The van der Waals surface area contributed by atoms with Crippen LogP contribution in [-0.2, 0) is 11.8 Å². The van der Waals surface area contributed by atoms with E-state index in [1.165, 1.54) is 22.3 Å². The number of benzene rings is 2. The van der Waals surface area contributed by atoms with Gasteiger partial charge in [-0.1, -0.05) is 66.6 Å². The minimum Gasteiger partial charge on any atom is -0.395 e. The van der Waals surface area contributed by atoms with E-state index in [-0.39, 0.29) is 12.0 Å². The van der Waals surface area contributed by atoms with E-state index in [0.29, 0.717) is 0 Å². The number of aryl methyl sites for hydroxylation is 2. The molecule has 1 N–H and O–H groups in total. The van der Waals surface area contributed by atoms with Gasteiger partial charge in [-0.25, -0.2) is 0 Å². The zero-order valence-corrected chi connectivity index (χ0v) is 12.0. The van der Waals surface area contributed by atoms with Gasteiger partial charge in [-0.2, -0.15) is 0 Å². The Morgan fingerprint density at radius 2 is 1.58 bits per heavy atom. The first kappa shape index (κ1) is 13.8. The molecule has 1 nitrogen and oxygen atoms in total. The van der Waals surface area contributed by atoms with Gasteiger partial charge in [-0.3, -0.25) is 0 Å². The zero-order valence-electron chi connectivity index (χ0n) is 12.0. The van der Waals surface area contributed by atoms with Crippen LogP contribution in [0.2, 0.25) is 0 Å². The first-order valence-electron chi connectivity index (χ1n) is 6.77. The van der Waals surface area contributed by atoms with Gasteiger partial charge in [-0.05, 0) is 31.4 Å². The third-order valence-electron chi connectivity index (χ3n) is 3.74. The van der Waals surface area contributed by atoms with Crippen molar-refractivity contribution in [3.8, 4) is 0 Å². The van der Waals surface area contributed by atoms with Gasteiger partial charge in [0.05, 0.1) is 6.61 Å². The summed E-state index contributed by atoms with van der Waals surface area (Å²) < 4.78 is 0. The van der Waals surface area contributed by atoms with Gasteiger partial charge >= 0.3 is 0 Å². The van der Waals surface area contributed by atoms with Gasteiger partial charge in [0, 0.05) is 5.41 Å². The predicted molar refractivity (Wildman–Crippen MR) is 80.5 cm³/mol. The van der Waals surface area contributed by atoms with Gasteiger partial charge in [-0.15, -0.1) is 0 Å². The normalized spacial score (nSPS) is 14.1. The summed E-state index contributed by atoms with van der Waals surface area (Å²) in [4.78, 5) is 0. The molecule has 1 unspecified atom stereocenters. The number of rotatable bonds is 4. The third kappa shape index (κ3) is 3.24. The second kappa shape index (κ2) is 5.58. The molecule has 2 rings (SSSR count). The maximum atomic E-state index is 9.86. The second-order valence-electron chi connectivity index (χ2n) is 5.75. The summed E-state index contributed by atoms with van der Waals surface area (Å²) in [5.41, 5.74) is 4.76. The molecule has 1 atom stereocenters. The molecule has 0 aliphatic carbocycles. The summed E-state index contributed by atoms with van der Waals surface area (Å²) >= 11 is 0. The molecule has 100 valence electrons. The van der Waals surface area contributed by atoms with E-state index in [1.54, 1.807) is 0 Å². The SMILES string of the molecule is Cc1cccc(CC(C)(CO)c2cccc(C)c2)c1. The lowest BCUT2D eigenvalue weighted by Crippen LogP contribution is -2.29. The quantitative estimate of drug-likeness (QED) is 0.880. The number of hydrogen-bond acceptors (Lipinski definition) is 1. The molecular weight excluding hydrogens is 232 g/mol. The molecule has 0 aromatic heterocycles. The van der Waals surface area contributed by atoms with E-state index in [2.05, 4.69) is 69.3 Å². The van der Waals surface area contributed by atoms with Crippen LogP contribution < -0.4 is 0 Å². The van der Waals surface area contributed by atoms with Crippen LogP contribution in [0.5, 0.6) is 0 Å². The summed E-state index contributed by atoms with van der Waals surface area (Å²) in [6, 6.07) is 17.0. The fourth-order valence-corrected chi connectivity index (χ4v) is 2.54. The van der Waals surface area contributed by atoms with Crippen LogP contribution >= 0.6 is 0 Å². The molecule has 2 aromatic rings. The van der Waals surface area contributed by atoms with E-state index in [9.17, 15) is 5.11 Å². The fraction of sp³-hybridized carbons (Fsp3) is 0.333. The second-order valence-corrected chi connectivity index (χ2v) is 5.75. The van der Waals surface area contributed by atoms with Gasteiger partial charge in [0.2, 0.25) is 0 Å². The Morgan fingerprint density at radius 1 is 0.947 bits per heavy atom. The van der Waals surface area contributed by atoms with Crippen molar-refractivity contribution in [2.75, 3.05) is 6.61 Å². The summed E-state index contributed by atoms with van der Waals surface area (Å²) in [6.07, 6.45) is 0.856. The first-order chi connectivity index (χ1) is 9.03. The van der Waals surface area contributed by atoms with Crippen LogP contribution in [0.3, 0.4) is 0 Å². The van der Waals surface area contributed by atoms with Crippen molar-refractivity contribution in [1.82, 2.24) is 0 Å². The van der Waals surface area contributed by atoms with Crippen molar-refractivity contribution < 1.29 is 5.11 Å². The van der Waals surface area contributed by atoms with Crippen LogP contribution in [-0.4, -0.2) is 11.7 Å². The maximum Gasteiger partial charge on any atom is 0.0528 e. The van der Waals surface area contributed by atoms with E-state index in [1.807, 2.05) is 0 Å². The first-order valence-corrected chi connectivity index (χ1v) is 6.77. The van der Waals surface area contributed by atoms with E-state index >= 15 is 0 Å². The number of aliphatic hydroxyl groups excluding tert-OH is 1. The van der Waals surface area contributed by atoms with Gasteiger partial charge < -0.3 is 5.11 Å². The lowest BCUT2D eigenvalue weighted by molar-refractivity contribution is 0.204. The van der Waals surface area contributed by atoms with Gasteiger partial charge in [0.25, 0.3) is 0 Å². The Morgan fingerprint density at radius 3 is 2.16 bits per heavy atom. The molecule has 0 spiro atoms. The van der Waals surface area contributed by atoms with Crippen LogP contribution in [0.15, 0.2) is 48.5 Å². The van der Waals surface area contributed by atoms with Crippen LogP contribution in [0.1, 0.15) is 29.2 Å². The molecule has 2 aromatic carbocycles. The molecule has 0 aliphatic rings. The molecular formula is C18H22O. The summed E-state index contributed by atoms with van der Waals surface area (Å²) in [5.74, 6) is 0. The zero-order chi connectivity index (χ0) is 13.9. The molecule has 0 bridgehead atoms. The molecule has 0 saturated carbocycles. The average Bonchev–Trinajstić information content (AvgIpc) is 2.38. The standard InChI is InChI=1S/C18H22O/c1-14-6-4-8-16(10-14)12-18(3,13-19)17-9-5-7-15(2)11-17/h4-11,19H,12-13H2,1-3H3. The van der Waals surface area contributed by atoms with E-state index < -0.39 is 0 Å². The highest BCUT2D eigenvalue weighted by Gasteiger charge is 2.26. The average molecular weight is 254 g/mol. The number of hydrogen-bond donors (Lipinski definition) is 1. The summed E-state index contributed by atoms with van der Waals surface area (Å²) in [6.45, 7) is 6.48. The van der Waals surface area contributed by atoms with Gasteiger partial charge in [0.15, 0.2) is 0 Å². The molecule has 0 heterocycles. The van der Waals surface area contributed by atoms with E-state index in [4.69, 9.17) is 0 Å². The lowest BCUT2D eigenvalue weighted by Gasteiger charge is -2.28. The minimum absolute atomic E-state index is 0.157. The molecule has 19 heavy (non-hydrogen) atoms. The molecule has 0 saturated heterocycles. The highest BCUT2D eigenvalue weighted by atomic mass is 16.3. The highest BCUT2D eigenvalue weighted by molar-refractivity contribution is 5.33. The third-order valence-corrected chi connectivity index (χ3v) is 3.74. The Labute approximate surface area is 115 Å². The monoisotopic (exact) mass is 254 g/mol. The van der Waals surface area contributed by atoms with Crippen LogP contribution in [0, 0.1) is 13.8 Å². The summed E-state index contributed by atoms with van der Waals surface area (Å²) in [7, 11) is 0. The minimum atomic E-state index is -0.222. The smallest absolute Gasteiger partial charge is 0.0528 e. The van der Waals surface area contributed by atoms with Crippen molar-refractivity contribution in [3.63, 3.8) is 0 Å². The number of aliphatic hydroxyl groups is 1. The van der Waals surface area contributed by atoms with Crippen LogP contribution in [0.4, 0.5) is 0 Å². The van der Waals surface area contributed by atoms with Crippen molar-refractivity contribution in [2.45, 2.75) is 32.6 Å². The molecule has 0 radical (unpaired) electrons. The summed E-state index contributed by atoms with van der Waals surface area (Å²) in [5, 5.41) is 9.86. The Bertz CT molecular complexity index is 559. The fourth-order valence-electron chi connectivity index (χ4n) is 2.54. The topological polar surface area (TPSA) is 20.2 Å². The Kier molecular flexibility index (Phi) is 4.06. The van der Waals surface area contributed by atoms with Crippen LogP contribution in [0.25, 0.3) is 0 Å². The largest absolute Gasteiger partial charge is 0.395 e. The predicted octanol–water partition coefficient (Wildman–Crippen LogP) is 3.80. The van der Waals surface area contributed by atoms with Crippen molar-refractivity contribution in [2.24, 2.45) is 0 Å². The molecule has 0 amide bonds. The van der Waals surface area contributed by atoms with Gasteiger partial charge in [0.1, 0.15) is 0 Å². The van der Waals surface area contributed by atoms with E-state index in [0.717, 1.165) is 6.42 Å².